The maximum absolute atomic E-state index is 12.9. The third kappa shape index (κ3) is 5.50. The molecule has 8 nitrogen and oxygen atoms in total. The van der Waals surface area contributed by atoms with Gasteiger partial charge in [0.1, 0.15) is 17.3 Å². The van der Waals surface area contributed by atoms with Crippen molar-refractivity contribution in [2.24, 2.45) is 0 Å². The smallest absolute Gasteiger partial charge is 0.347 e. The summed E-state index contributed by atoms with van der Waals surface area (Å²) in [6.07, 6.45) is -2.26. The van der Waals surface area contributed by atoms with Crippen LogP contribution < -0.4 is 10.1 Å². The van der Waals surface area contributed by atoms with Crippen molar-refractivity contribution in [3.8, 4) is 5.75 Å². The molecule has 0 bridgehead atoms. The molecule has 0 aliphatic carbocycles. The molecule has 0 aliphatic heterocycles. The van der Waals surface area contributed by atoms with Gasteiger partial charge in [0.25, 0.3) is 11.6 Å². The van der Waals surface area contributed by atoms with Crippen LogP contribution in [0.5, 0.6) is 5.75 Å². The Hall–Kier alpha value is -3.49. The Morgan fingerprint density at radius 3 is 2.33 bits per heavy atom. The second-order valence-corrected chi connectivity index (χ2v) is 5.56. The second-order valence-electron chi connectivity index (χ2n) is 5.56. The van der Waals surface area contributed by atoms with Crippen molar-refractivity contribution >= 4 is 23.3 Å². The number of nitro benzene ring substituents is 1. The Balaban J connectivity index is 1.94. The van der Waals surface area contributed by atoms with Crippen LogP contribution in [0.4, 0.5) is 15.8 Å². The monoisotopic (exact) mass is 376 g/mol. The van der Waals surface area contributed by atoms with Crippen LogP contribution in [-0.4, -0.2) is 29.0 Å². The van der Waals surface area contributed by atoms with E-state index in [1.165, 1.54) is 62.4 Å². The minimum atomic E-state index is -1.21. The van der Waals surface area contributed by atoms with Crippen molar-refractivity contribution in [1.29, 1.82) is 0 Å². The van der Waals surface area contributed by atoms with E-state index in [1.54, 1.807) is 0 Å². The van der Waals surface area contributed by atoms with Gasteiger partial charge in [0.2, 0.25) is 0 Å². The number of para-hydroxylation sites is 2. The lowest BCUT2D eigenvalue weighted by molar-refractivity contribution is -0.383. The molecule has 0 saturated carbocycles. The maximum atomic E-state index is 12.9. The van der Waals surface area contributed by atoms with E-state index in [9.17, 15) is 24.1 Å². The third-order valence-corrected chi connectivity index (χ3v) is 3.48. The standard InChI is InChI=1S/C18H17FN2O6/c1-11(17(22)20-15-5-3-4-6-16(15)21(24)25)27-18(23)12(2)26-14-9-7-13(19)8-10-14/h3-12H,1-2H3,(H,20,22)/t11-,12-/m1/s1. The van der Waals surface area contributed by atoms with Crippen molar-refractivity contribution in [1.82, 2.24) is 0 Å². The molecule has 142 valence electrons. The number of carbonyl (C=O) groups excluding carboxylic acids is 2. The minimum absolute atomic E-state index is 0.00832. The number of esters is 1. The number of nitrogens with one attached hydrogen (secondary N) is 1. The van der Waals surface area contributed by atoms with Gasteiger partial charge in [0.05, 0.1) is 4.92 Å². The number of hydrogen-bond acceptors (Lipinski definition) is 6. The number of hydrogen-bond donors (Lipinski definition) is 1. The first-order valence-electron chi connectivity index (χ1n) is 7.95. The fourth-order valence-corrected chi connectivity index (χ4v) is 2.06. The van der Waals surface area contributed by atoms with Crippen LogP contribution in [0.2, 0.25) is 0 Å². The summed E-state index contributed by atoms with van der Waals surface area (Å²) in [4.78, 5) is 34.5. The Morgan fingerprint density at radius 1 is 1.07 bits per heavy atom. The Kier molecular flexibility index (Phi) is 6.42. The molecule has 1 amide bonds. The van der Waals surface area contributed by atoms with Crippen molar-refractivity contribution in [3.05, 3.63) is 64.5 Å². The van der Waals surface area contributed by atoms with E-state index in [0.29, 0.717) is 0 Å². The lowest BCUT2D eigenvalue weighted by Gasteiger charge is -2.17. The van der Waals surface area contributed by atoms with Gasteiger partial charge >= 0.3 is 5.97 Å². The molecular formula is C18H17FN2O6. The van der Waals surface area contributed by atoms with Gasteiger partial charge in [-0.1, -0.05) is 12.1 Å². The van der Waals surface area contributed by atoms with E-state index in [0.717, 1.165) is 0 Å². The van der Waals surface area contributed by atoms with Crippen molar-refractivity contribution in [2.75, 3.05) is 5.32 Å². The van der Waals surface area contributed by atoms with E-state index in [-0.39, 0.29) is 17.1 Å². The number of nitrogens with zero attached hydrogens (tertiary/aromatic N) is 1. The van der Waals surface area contributed by atoms with Gasteiger partial charge in [-0.05, 0) is 44.2 Å². The zero-order valence-electron chi connectivity index (χ0n) is 14.5. The minimum Gasteiger partial charge on any atom is -0.479 e. The van der Waals surface area contributed by atoms with Crippen molar-refractivity contribution < 1.29 is 28.4 Å². The highest BCUT2D eigenvalue weighted by molar-refractivity contribution is 5.97. The molecule has 2 atom stereocenters. The number of nitro groups is 1. The van der Waals surface area contributed by atoms with Gasteiger partial charge in [-0.25, -0.2) is 9.18 Å². The molecule has 0 unspecified atom stereocenters. The fourth-order valence-electron chi connectivity index (χ4n) is 2.06. The first-order valence-corrected chi connectivity index (χ1v) is 7.95. The second kappa shape index (κ2) is 8.75. The van der Waals surface area contributed by atoms with Gasteiger partial charge in [0.15, 0.2) is 12.2 Å². The van der Waals surface area contributed by atoms with Gasteiger partial charge < -0.3 is 14.8 Å². The lowest BCUT2D eigenvalue weighted by Crippen LogP contribution is -2.35. The highest BCUT2D eigenvalue weighted by Crippen LogP contribution is 2.23. The number of anilines is 1. The third-order valence-electron chi connectivity index (χ3n) is 3.48. The maximum Gasteiger partial charge on any atom is 0.347 e. The van der Waals surface area contributed by atoms with Gasteiger partial charge in [-0.2, -0.15) is 0 Å². The molecule has 2 aromatic carbocycles. The molecule has 27 heavy (non-hydrogen) atoms. The van der Waals surface area contributed by atoms with E-state index in [2.05, 4.69) is 5.32 Å². The summed E-state index contributed by atoms with van der Waals surface area (Å²) in [6.45, 7) is 2.74. The summed E-state index contributed by atoms with van der Waals surface area (Å²) in [6, 6.07) is 10.7. The van der Waals surface area contributed by atoms with Crippen LogP contribution in [0.3, 0.4) is 0 Å². The average molecular weight is 376 g/mol. The molecule has 0 fully saturated rings. The number of rotatable bonds is 7. The first-order chi connectivity index (χ1) is 12.8. The summed E-state index contributed by atoms with van der Waals surface area (Å²) in [5, 5.41) is 13.3. The quantitative estimate of drug-likeness (QED) is 0.452. The predicted octanol–water partition coefficient (Wildman–Crippen LogP) is 3.07. The topological polar surface area (TPSA) is 108 Å². The number of carbonyl (C=O) groups is 2. The van der Waals surface area contributed by atoms with Crippen molar-refractivity contribution in [2.45, 2.75) is 26.1 Å². The Bertz CT molecular complexity index is 840. The van der Waals surface area contributed by atoms with Crippen LogP contribution >= 0.6 is 0 Å². The van der Waals surface area contributed by atoms with E-state index >= 15 is 0 Å². The van der Waals surface area contributed by atoms with Crippen LogP contribution in [-0.2, 0) is 14.3 Å². The number of halogens is 1. The predicted molar refractivity (Wildman–Crippen MR) is 93.8 cm³/mol. The SMILES string of the molecule is C[C@@H](OC(=O)[C@@H](C)Oc1ccc(F)cc1)C(=O)Nc1ccccc1[N+](=O)[O-]. The summed E-state index contributed by atoms with van der Waals surface area (Å²) in [5.41, 5.74) is -0.289. The van der Waals surface area contributed by atoms with E-state index in [4.69, 9.17) is 9.47 Å². The molecule has 2 rings (SSSR count). The van der Waals surface area contributed by atoms with Crippen LogP contribution in [0.25, 0.3) is 0 Å². The van der Waals surface area contributed by atoms with Crippen molar-refractivity contribution in [3.63, 3.8) is 0 Å². The van der Waals surface area contributed by atoms with Crippen LogP contribution in [0.1, 0.15) is 13.8 Å². The number of ether oxygens (including phenoxy) is 2. The van der Waals surface area contributed by atoms with Gasteiger partial charge in [0, 0.05) is 6.07 Å². The highest BCUT2D eigenvalue weighted by Gasteiger charge is 2.25. The summed E-state index contributed by atoms with van der Waals surface area (Å²) in [7, 11) is 0. The number of benzene rings is 2. The van der Waals surface area contributed by atoms with E-state index < -0.39 is 34.8 Å². The van der Waals surface area contributed by atoms with Gasteiger partial charge in [-0.3, -0.25) is 14.9 Å². The lowest BCUT2D eigenvalue weighted by atomic mass is 10.2. The largest absolute Gasteiger partial charge is 0.479 e. The fraction of sp³-hybridized carbons (Fsp3) is 0.222. The van der Waals surface area contributed by atoms with Crippen LogP contribution in [0.15, 0.2) is 48.5 Å². The molecule has 0 spiro atoms. The molecule has 0 aromatic heterocycles. The molecular weight excluding hydrogens is 359 g/mol. The zero-order valence-corrected chi connectivity index (χ0v) is 14.5. The molecule has 0 heterocycles. The Labute approximate surface area is 154 Å². The van der Waals surface area contributed by atoms with Gasteiger partial charge in [-0.15, -0.1) is 0 Å². The molecule has 9 heteroatoms. The summed E-state index contributed by atoms with van der Waals surface area (Å²) in [5.74, 6) is -1.73. The van der Waals surface area contributed by atoms with E-state index in [1.807, 2.05) is 0 Å². The Morgan fingerprint density at radius 2 is 1.70 bits per heavy atom. The normalized spacial score (nSPS) is 12.6. The summed E-state index contributed by atoms with van der Waals surface area (Å²) >= 11 is 0. The van der Waals surface area contributed by atoms with Crippen LogP contribution in [0, 0.1) is 15.9 Å². The molecule has 0 aliphatic rings. The highest BCUT2D eigenvalue weighted by atomic mass is 19.1. The molecule has 1 N–H and O–H groups in total. The number of amides is 1. The molecule has 0 radical (unpaired) electrons. The average Bonchev–Trinajstić information content (AvgIpc) is 2.63. The molecule has 2 aromatic rings. The molecule has 0 saturated heterocycles. The summed E-state index contributed by atoms with van der Waals surface area (Å²) < 4.78 is 23.2. The first kappa shape index (κ1) is 19.8. The zero-order chi connectivity index (χ0) is 20.0.